The lowest BCUT2D eigenvalue weighted by Crippen LogP contribution is -2.52. The number of nitrogens with one attached hydrogen (secondary N) is 1. The molecule has 170 valence electrons. The third-order valence-electron chi connectivity index (χ3n) is 4.93. The van der Waals surface area contributed by atoms with Crippen LogP contribution in [-0.2, 0) is 11.9 Å². The van der Waals surface area contributed by atoms with E-state index in [9.17, 15) is 18.0 Å². The van der Waals surface area contributed by atoms with E-state index in [1.165, 1.54) is 0 Å². The quantitative estimate of drug-likeness (QED) is 0.617. The summed E-state index contributed by atoms with van der Waals surface area (Å²) in [5, 5.41) is 11.9. The molecule has 0 bridgehead atoms. The van der Waals surface area contributed by atoms with Crippen molar-refractivity contribution < 1.29 is 18.0 Å². The first-order valence-electron chi connectivity index (χ1n) is 9.86. The summed E-state index contributed by atoms with van der Waals surface area (Å²) < 4.78 is 38.3. The van der Waals surface area contributed by atoms with Crippen LogP contribution in [0.15, 0.2) is 36.5 Å². The van der Waals surface area contributed by atoms with E-state index in [1.54, 1.807) is 27.6 Å². The van der Waals surface area contributed by atoms with Crippen LogP contribution in [0.3, 0.4) is 0 Å². The Morgan fingerprint density at radius 3 is 2.62 bits per heavy atom. The van der Waals surface area contributed by atoms with Crippen molar-refractivity contribution in [2.45, 2.75) is 11.9 Å². The number of rotatable bonds is 6. The Morgan fingerprint density at radius 1 is 1.25 bits per heavy atom. The van der Waals surface area contributed by atoms with E-state index in [0.717, 1.165) is 17.8 Å². The number of aromatic nitrogens is 1. The number of hydrogen-bond donors (Lipinski definition) is 1. The van der Waals surface area contributed by atoms with Crippen LogP contribution < -0.4 is 10.2 Å². The number of carbonyl (C=O) groups excluding carboxylic acids is 1. The number of nitrogens with zero attached hydrogens (tertiary/aromatic N) is 4. The number of hydrogen-bond acceptors (Lipinski definition) is 5. The molecule has 2 aromatic rings. The topological polar surface area (TPSA) is 72.3 Å². The second-order valence-electron chi connectivity index (χ2n) is 7.05. The molecule has 0 spiro atoms. The fourth-order valence-corrected chi connectivity index (χ4v) is 4.37. The lowest BCUT2D eigenvalue weighted by molar-refractivity contribution is -0.137. The minimum Gasteiger partial charge on any atom is -0.352 e. The zero-order valence-corrected chi connectivity index (χ0v) is 18.6. The summed E-state index contributed by atoms with van der Waals surface area (Å²) in [6.45, 7) is 2.15. The zero-order chi connectivity index (χ0) is 23.1. The van der Waals surface area contributed by atoms with Gasteiger partial charge in [-0.1, -0.05) is 29.8 Å². The highest BCUT2D eigenvalue weighted by molar-refractivity contribution is 7.98. The van der Waals surface area contributed by atoms with Gasteiger partial charge in [0.2, 0.25) is 0 Å². The monoisotopic (exact) mass is 483 g/mol. The molecule has 1 fully saturated rings. The molecular weight excluding hydrogens is 463 g/mol. The lowest BCUT2D eigenvalue weighted by Gasteiger charge is -2.35. The molecule has 0 unspecified atom stereocenters. The molecule has 6 nitrogen and oxygen atoms in total. The molecule has 2 heterocycles. The van der Waals surface area contributed by atoms with E-state index in [-0.39, 0.29) is 16.9 Å². The van der Waals surface area contributed by atoms with Crippen molar-refractivity contribution in [3.05, 3.63) is 58.2 Å². The number of halogens is 4. The van der Waals surface area contributed by atoms with Gasteiger partial charge in [-0.15, -0.1) is 0 Å². The molecule has 0 radical (unpaired) electrons. The van der Waals surface area contributed by atoms with Gasteiger partial charge in [0, 0.05) is 50.4 Å². The second kappa shape index (κ2) is 10.8. The number of anilines is 1. The Bertz CT molecular complexity index is 990. The highest BCUT2D eigenvalue weighted by Crippen LogP contribution is 2.33. The second-order valence-corrected chi connectivity index (χ2v) is 8.57. The molecule has 1 N–H and O–H groups in total. The van der Waals surface area contributed by atoms with Crippen molar-refractivity contribution in [1.82, 2.24) is 15.2 Å². The molecule has 32 heavy (non-hydrogen) atoms. The summed E-state index contributed by atoms with van der Waals surface area (Å²) >= 11 is 7.64. The number of amides is 2. The molecule has 11 heteroatoms. The molecule has 0 atom stereocenters. The van der Waals surface area contributed by atoms with Crippen molar-refractivity contribution in [1.29, 1.82) is 5.26 Å². The summed E-state index contributed by atoms with van der Waals surface area (Å²) in [6.07, 6.45) is -3.73. The predicted molar refractivity (Wildman–Crippen MR) is 119 cm³/mol. The molecule has 2 amide bonds. The summed E-state index contributed by atoms with van der Waals surface area (Å²) in [7, 11) is 0. The standard InChI is InChI=1S/C21H21ClF3N5OS/c22-18-11-17(21(23,24)25)13-28-19(18)29-6-8-30(9-7-29)20(31)27-5-10-32-14-16-4-2-1-3-15(16)12-26/h1-4,11,13H,5-10,14H2,(H,27,31). The van der Waals surface area contributed by atoms with Crippen molar-refractivity contribution in [3.63, 3.8) is 0 Å². The molecule has 1 aliphatic rings. The maximum atomic E-state index is 12.8. The van der Waals surface area contributed by atoms with Gasteiger partial charge in [-0.05, 0) is 17.7 Å². The Kier molecular flexibility index (Phi) is 8.10. The fraction of sp³-hybridized carbons (Fsp3) is 0.381. The number of piperazine rings is 1. The van der Waals surface area contributed by atoms with Crippen molar-refractivity contribution in [2.75, 3.05) is 43.4 Å². The van der Waals surface area contributed by atoms with Gasteiger partial charge in [-0.25, -0.2) is 9.78 Å². The summed E-state index contributed by atoms with van der Waals surface area (Å²) in [5.74, 6) is 1.68. The maximum absolute atomic E-state index is 12.8. The van der Waals surface area contributed by atoms with Crippen molar-refractivity contribution >= 4 is 35.2 Å². The molecule has 3 rings (SSSR count). The first kappa shape index (κ1) is 24.0. The van der Waals surface area contributed by atoms with Crippen LogP contribution in [0.1, 0.15) is 16.7 Å². The van der Waals surface area contributed by atoms with Gasteiger partial charge in [0.1, 0.15) is 5.82 Å². The van der Waals surface area contributed by atoms with Crippen LogP contribution in [0.25, 0.3) is 0 Å². The number of alkyl halides is 3. The van der Waals surface area contributed by atoms with E-state index in [1.807, 2.05) is 18.2 Å². The molecular formula is C21H21ClF3N5OS. The molecule has 1 aliphatic heterocycles. The molecule has 0 saturated carbocycles. The van der Waals surface area contributed by atoms with Gasteiger partial charge in [-0.3, -0.25) is 0 Å². The number of benzene rings is 1. The highest BCUT2D eigenvalue weighted by Gasteiger charge is 2.32. The molecule has 1 saturated heterocycles. The third-order valence-corrected chi connectivity index (χ3v) is 6.22. The van der Waals surface area contributed by atoms with E-state index in [0.29, 0.717) is 49.8 Å². The van der Waals surface area contributed by atoms with E-state index in [4.69, 9.17) is 16.9 Å². The Labute approximate surface area is 193 Å². The molecule has 1 aromatic carbocycles. The first-order chi connectivity index (χ1) is 15.3. The predicted octanol–water partition coefficient (Wildman–Crippen LogP) is 4.39. The largest absolute Gasteiger partial charge is 0.417 e. The Balaban J connectivity index is 1.40. The average Bonchev–Trinajstić information content (AvgIpc) is 2.78. The minimum absolute atomic E-state index is 0.0623. The van der Waals surface area contributed by atoms with Crippen molar-refractivity contribution in [2.24, 2.45) is 0 Å². The smallest absolute Gasteiger partial charge is 0.352 e. The minimum atomic E-state index is -4.50. The van der Waals surface area contributed by atoms with Gasteiger partial charge >= 0.3 is 12.2 Å². The number of urea groups is 1. The summed E-state index contributed by atoms with van der Waals surface area (Å²) in [4.78, 5) is 19.7. The van der Waals surface area contributed by atoms with Gasteiger partial charge < -0.3 is 15.1 Å². The van der Waals surface area contributed by atoms with E-state index in [2.05, 4.69) is 16.4 Å². The average molecular weight is 484 g/mol. The van der Waals surface area contributed by atoms with Crippen LogP contribution >= 0.6 is 23.4 Å². The van der Waals surface area contributed by atoms with Gasteiger partial charge in [-0.2, -0.15) is 30.2 Å². The molecule has 1 aromatic heterocycles. The van der Waals surface area contributed by atoms with Crippen LogP contribution in [-0.4, -0.2) is 54.4 Å². The van der Waals surface area contributed by atoms with Crippen LogP contribution in [0.2, 0.25) is 5.02 Å². The highest BCUT2D eigenvalue weighted by atomic mass is 35.5. The van der Waals surface area contributed by atoms with Gasteiger partial charge in [0.15, 0.2) is 0 Å². The fourth-order valence-electron chi connectivity index (χ4n) is 3.22. The zero-order valence-electron chi connectivity index (χ0n) is 17.0. The van der Waals surface area contributed by atoms with E-state index < -0.39 is 11.7 Å². The van der Waals surface area contributed by atoms with Gasteiger partial charge in [0.25, 0.3) is 0 Å². The van der Waals surface area contributed by atoms with Gasteiger partial charge in [0.05, 0.1) is 22.2 Å². The van der Waals surface area contributed by atoms with Crippen LogP contribution in [0.5, 0.6) is 0 Å². The third kappa shape index (κ3) is 6.20. The number of carbonyl (C=O) groups is 1. The normalized spacial score (nSPS) is 14.2. The molecule has 0 aliphatic carbocycles. The number of pyridine rings is 1. The van der Waals surface area contributed by atoms with E-state index >= 15 is 0 Å². The number of thioether (sulfide) groups is 1. The lowest BCUT2D eigenvalue weighted by atomic mass is 10.1. The summed E-state index contributed by atoms with van der Waals surface area (Å²) in [6, 6.07) is 10.3. The SMILES string of the molecule is N#Cc1ccccc1CSCCNC(=O)N1CCN(c2ncc(C(F)(F)F)cc2Cl)CC1. The Hall–Kier alpha value is -2.64. The first-order valence-corrected chi connectivity index (χ1v) is 11.4. The van der Waals surface area contributed by atoms with Crippen molar-refractivity contribution in [3.8, 4) is 6.07 Å². The maximum Gasteiger partial charge on any atom is 0.417 e. The number of nitriles is 1. The van der Waals surface area contributed by atoms with Crippen LogP contribution in [0, 0.1) is 11.3 Å². The van der Waals surface area contributed by atoms with Crippen LogP contribution in [0.4, 0.5) is 23.8 Å². The summed E-state index contributed by atoms with van der Waals surface area (Å²) in [5.41, 5.74) is 0.737. The Morgan fingerprint density at radius 2 is 1.97 bits per heavy atom.